The van der Waals surface area contributed by atoms with Crippen molar-refractivity contribution in [2.45, 2.75) is 25.6 Å². The minimum atomic E-state index is -1.15. The molecule has 6 nitrogen and oxygen atoms in total. The van der Waals surface area contributed by atoms with Gasteiger partial charge in [-0.1, -0.05) is 6.07 Å². The molecule has 25 heavy (non-hydrogen) atoms. The van der Waals surface area contributed by atoms with Crippen LogP contribution in [0.4, 0.5) is 4.39 Å². The highest BCUT2D eigenvalue weighted by atomic mass is 19.1. The van der Waals surface area contributed by atoms with Crippen molar-refractivity contribution in [3.05, 3.63) is 48.3 Å². The van der Waals surface area contributed by atoms with Gasteiger partial charge in [-0.25, -0.2) is 9.37 Å². The number of aromatic nitrogens is 2. The molecular weight excluding hydrogens is 325 g/mol. The van der Waals surface area contributed by atoms with Crippen molar-refractivity contribution in [3.8, 4) is 5.75 Å². The van der Waals surface area contributed by atoms with Gasteiger partial charge in [0.05, 0.1) is 25.2 Å². The molecular formula is C18H24FN3O3. The highest BCUT2D eigenvalue weighted by Crippen LogP contribution is 2.19. The lowest BCUT2D eigenvalue weighted by atomic mass is 10.1. The average Bonchev–Trinajstić information content (AvgIpc) is 2.95. The van der Waals surface area contributed by atoms with E-state index < -0.39 is 5.60 Å². The van der Waals surface area contributed by atoms with Crippen LogP contribution in [-0.4, -0.2) is 58.1 Å². The minimum absolute atomic E-state index is 0.0417. The van der Waals surface area contributed by atoms with E-state index in [0.29, 0.717) is 25.4 Å². The topological polar surface area (TPSA) is 59.8 Å². The molecule has 0 aliphatic carbocycles. The summed E-state index contributed by atoms with van der Waals surface area (Å²) in [5.41, 5.74) is -0.0577. The van der Waals surface area contributed by atoms with Gasteiger partial charge in [0.2, 0.25) is 0 Å². The van der Waals surface area contributed by atoms with Crippen LogP contribution in [0.5, 0.6) is 5.75 Å². The summed E-state index contributed by atoms with van der Waals surface area (Å²) in [6.45, 7) is 5.51. The maximum Gasteiger partial charge on any atom is 0.134 e. The Morgan fingerprint density at radius 3 is 3.12 bits per heavy atom. The number of nitrogens with zero attached hydrogens (tertiary/aromatic N) is 3. The number of imidazole rings is 1. The second-order valence-electron chi connectivity index (χ2n) is 6.40. The van der Waals surface area contributed by atoms with Crippen LogP contribution >= 0.6 is 0 Å². The van der Waals surface area contributed by atoms with E-state index >= 15 is 0 Å². The highest BCUT2D eigenvalue weighted by molar-refractivity contribution is 5.22. The van der Waals surface area contributed by atoms with Crippen molar-refractivity contribution in [1.82, 2.24) is 14.5 Å². The maximum absolute atomic E-state index is 13.3. The fourth-order valence-electron chi connectivity index (χ4n) is 2.99. The van der Waals surface area contributed by atoms with E-state index in [1.54, 1.807) is 12.1 Å². The molecule has 1 aromatic carbocycles. The zero-order valence-electron chi connectivity index (χ0n) is 14.4. The smallest absolute Gasteiger partial charge is 0.134 e. The molecule has 1 aliphatic heterocycles. The molecule has 136 valence electrons. The van der Waals surface area contributed by atoms with Crippen LogP contribution in [0.1, 0.15) is 12.6 Å². The largest absolute Gasteiger partial charge is 0.490 e. The molecule has 1 saturated heterocycles. The molecule has 1 fully saturated rings. The van der Waals surface area contributed by atoms with Gasteiger partial charge < -0.3 is 19.1 Å². The van der Waals surface area contributed by atoms with Crippen molar-refractivity contribution in [2.24, 2.45) is 0 Å². The number of ether oxygens (including phenoxy) is 2. The second-order valence-corrected chi connectivity index (χ2v) is 6.40. The van der Waals surface area contributed by atoms with Gasteiger partial charge in [-0.2, -0.15) is 0 Å². The Bertz CT molecular complexity index is 694. The van der Waals surface area contributed by atoms with Crippen molar-refractivity contribution in [3.63, 3.8) is 0 Å². The molecule has 1 atom stereocenters. The van der Waals surface area contributed by atoms with Crippen LogP contribution < -0.4 is 4.74 Å². The third kappa shape index (κ3) is 4.78. The maximum atomic E-state index is 13.3. The van der Waals surface area contributed by atoms with Crippen molar-refractivity contribution in [2.75, 3.05) is 32.9 Å². The first-order chi connectivity index (χ1) is 12.1. The first kappa shape index (κ1) is 17.8. The molecule has 0 radical (unpaired) electrons. The Morgan fingerprint density at radius 2 is 2.32 bits per heavy atom. The van der Waals surface area contributed by atoms with Gasteiger partial charge in [0, 0.05) is 38.4 Å². The van der Waals surface area contributed by atoms with Crippen LogP contribution in [0.25, 0.3) is 0 Å². The summed E-state index contributed by atoms with van der Waals surface area (Å²) in [7, 11) is 0. The minimum Gasteiger partial charge on any atom is -0.490 e. The van der Waals surface area contributed by atoms with Gasteiger partial charge in [-0.15, -0.1) is 0 Å². The van der Waals surface area contributed by atoms with E-state index in [0.717, 1.165) is 18.8 Å². The number of aliphatic hydroxyl groups is 1. The zero-order valence-corrected chi connectivity index (χ0v) is 14.4. The Balaban J connectivity index is 1.63. The van der Waals surface area contributed by atoms with Crippen LogP contribution in [0.15, 0.2) is 36.8 Å². The van der Waals surface area contributed by atoms with Crippen LogP contribution in [-0.2, 0) is 17.8 Å². The quantitative estimate of drug-likeness (QED) is 0.860. The van der Waals surface area contributed by atoms with E-state index in [2.05, 4.69) is 21.4 Å². The third-order valence-corrected chi connectivity index (χ3v) is 4.27. The molecule has 2 aromatic rings. The standard InChI is InChI=1S/C18H24FN3O3/c1-2-22-14-20-9-16(22)10-21-6-7-24-12-18(23,11-21)13-25-17-5-3-4-15(19)8-17/h3-5,8-9,14,23H,2,6-7,10-13H2,1H3/t18-/m0/s1. The van der Waals surface area contributed by atoms with E-state index in [9.17, 15) is 9.50 Å². The monoisotopic (exact) mass is 349 g/mol. The van der Waals surface area contributed by atoms with Gasteiger partial charge in [-0.05, 0) is 19.1 Å². The fraction of sp³-hybridized carbons (Fsp3) is 0.500. The first-order valence-corrected chi connectivity index (χ1v) is 8.48. The second kappa shape index (κ2) is 7.95. The van der Waals surface area contributed by atoms with Crippen LogP contribution in [0.3, 0.4) is 0 Å². The van der Waals surface area contributed by atoms with Crippen LogP contribution in [0, 0.1) is 5.82 Å². The Morgan fingerprint density at radius 1 is 1.44 bits per heavy atom. The summed E-state index contributed by atoms with van der Waals surface area (Å²) >= 11 is 0. The molecule has 0 unspecified atom stereocenters. The number of aryl methyl sites for hydroxylation is 1. The summed E-state index contributed by atoms with van der Waals surface area (Å²) in [4.78, 5) is 6.31. The van der Waals surface area contributed by atoms with Crippen molar-refractivity contribution < 1.29 is 19.0 Å². The van der Waals surface area contributed by atoms with Crippen LogP contribution in [0.2, 0.25) is 0 Å². The normalized spacial score (nSPS) is 21.9. The van der Waals surface area contributed by atoms with Gasteiger partial charge >= 0.3 is 0 Å². The number of benzene rings is 1. The van der Waals surface area contributed by atoms with E-state index in [-0.39, 0.29) is 19.0 Å². The molecule has 1 N–H and O–H groups in total. The first-order valence-electron chi connectivity index (χ1n) is 8.48. The zero-order chi connectivity index (χ0) is 17.7. The summed E-state index contributed by atoms with van der Waals surface area (Å²) in [5, 5.41) is 10.9. The Labute approximate surface area is 146 Å². The van der Waals surface area contributed by atoms with Gasteiger partial charge in [0.15, 0.2) is 0 Å². The summed E-state index contributed by atoms with van der Waals surface area (Å²) < 4.78 is 26.5. The summed E-state index contributed by atoms with van der Waals surface area (Å²) in [5.74, 6) is 0.0318. The van der Waals surface area contributed by atoms with Gasteiger partial charge in [0.1, 0.15) is 23.8 Å². The summed E-state index contributed by atoms with van der Waals surface area (Å²) in [6, 6.07) is 5.91. The number of rotatable bonds is 6. The molecule has 7 heteroatoms. The molecule has 3 rings (SSSR count). The third-order valence-electron chi connectivity index (χ3n) is 4.27. The SMILES string of the molecule is CCn1cncc1CN1CCOC[C@](O)(COc2cccc(F)c2)C1. The van der Waals surface area contributed by atoms with E-state index in [4.69, 9.17) is 9.47 Å². The molecule has 0 saturated carbocycles. The number of halogens is 1. The number of hydrogen-bond donors (Lipinski definition) is 1. The lowest BCUT2D eigenvalue weighted by Gasteiger charge is -2.30. The Hall–Kier alpha value is -1.96. The average molecular weight is 349 g/mol. The van der Waals surface area contributed by atoms with Gasteiger partial charge in [-0.3, -0.25) is 4.90 Å². The fourth-order valence-corrected chi connectivity index (χ4v) is 2.99. The molecule has 1 aromatic heterocycles. The lowest BCUT2D eigenvalue weighted by molar-refractivity contribution is -0.0648. The molecule has 0 amide bonds. The number of hydrogen-bond acceptors (Lipinski definition) is 5. The molecule has 0 bridgehead atoms. The highest BCUT2D eigenvalue weighted by Gasteiger charge is 2.33. The predicted molar refractivity (Wildman–Crippen MR) is 90.8 cm³/mol. The Kier molecular flexibility index (Phi) is 5.67. The molecule has 2 heterocycles. The van der Waals surface area contributed by atoms with Crippen molar-refractivity contribution in [1.29, 1.82) is 0 Å². The predicted octanol–water partition coefficient (Wildman–Crippen LogP) is 1.68. The van der Waals surface area contributed by atoms with Gasteiger partial charge in [0.25, 0.3) is 0 Å². The molecule has 1 aliphatic rings. The van der Waals surface area contributed by atoms with E-state index in [1.807, 2.05) is 12.5 Å². The summed E-state index contributed by atoms with van der Waals surface area (Å²) in [6.07, 6.45) is 3.65. The van der Waals surface area contributed by atoms with Crippen molar-refractivity contribution >= 4 is 0 Å². The van der Waals surface area contributed by atoms with E-state index in [1.165, 1.54) is 12.1 Å². The number of β-amino-alcohol motifs (C(OH)–C–C–N with tert-alkyl or cyclic N) is 1. The molecule has 0 spiro atoms. The lowest BCUT2D eigenvalue weighted by Crippen LogP contribution is -2.48.